The van der Waals surface area contributed by atoms with Crippen LogP contribution in [0.3, 0.4) is 0 Å². The minimum absolute atomic E-state index is 1.24. The van der Waals surface area contributed by atoms with E-state index in [1.165, 1.54) is 130 Å². The van der Waals surface area contributed by atoms with Crippen molar-refractivity contribution in [3.05, 3.63) is 194 Å². The standard InChI is InChI=1S/C56H32/c1-3-16-34(17-4-1)50-49-32-46-42-25-12-11-24-41(42)43-27-14-28-44(52(43)46)54(49)51(35-18-5-2-6-19-35)56-47-29-36-20-8-10-23-39(36)45-30-37(31-48(53(45)47)55(50)56)40-26-13-21-33-15-7-9-22-38(33)40/h1-32H. The van der Waals surface area contributed by atoms with Crippen LogP contribution in [0.1, 0.15) is 0 Å². The van der Waals surface area contributed by atoms with E-state index in [-0.39, 0.29) is 0 Å². The van der Waals surface area contributed by atoms with E-state index in [1.54, 1.807) is 0 Å². The topological polar surface area (TPSA) is 0 Å². The lowest BCUT2D eigenvalue weighted by atomic mass is 9.83. The van der Waals surface area contributed by atoms with Gasteiger partial charge in [0.1, 0.15) is 0 Å². The molecule has 0 unspecified atom stereocenters. The summed E-state index contributed by atoms with van der Waals surface area (Å²) in [7, 11) is 0. The minimum atomic E-state index is 1.24. The van der Waals surface area contributed by atoms with Crippen molar-refractivity contribution in [3.8, 4) is 33.4 Å². The fraction of sp³-hybridized carbons (Fsp3) is 0. The van der Waals surface area contributed by atoms with Gasteiger partial charge in [0.25, 0.3) is 0 Å². The fourth-order valence-electron chi connectivity index (χ4n) is 10.5. The van der Waals surface area contributed by atoms with E-state index in [4.69, 9.17) is 0 Å². The van der Waals surface area contributed by atoms with Crippen LogP contribution in [0.4, 0.5) is 0 Å². The Labute approximate surface area is 323 Å². The third kappa shape index (κ3) is 3.93. The summed E-state index contributed by atoms with van der Waals surface area (Å²) in [5, 5.41) is 23.6. The summed E-state index contributed by atoms with van der Waals surface area (Å²) in [5.74, 6) is 0. The molecular weight excluding hydrogens is 673 g/mol. The zero-order chi connectivity index (χ0) is 36.5. The predicted molar refractivity (Wildman–Crippen MR) is 243 cm³/mol. The van der Waals surface area contributed by atoms with E-state index >= 15 is 0 Å². The van der Waals surface area contributed by atoms with E-state index in [1.807, 2.05) is 0 Å². The zero-order valence-corrected chi connectivity index (χ0v) is 30.5. The lowest BCUT2D eigenvalue weighted by Gasteiger charge is -2.19. The molecule has 0 heterocycles. The maximum Gasteiger partial charge on any atom is -0.000697 e. The quantitative estimate of drug-likeness (QED) is 0.161. The van der Waals surface area contributed by atoms with E-state index in [0.29, 0.717) is 0 Å². The first-order chi connectivity index (χ1) is 27.8. The summed E-state index contributed by atoms with van der Waals surface area (Å²) in [6.45, 7) is 0. The second-order valence-electron chi connectivity index (χ2n) is 15.5. The van der Waals surface area contributed by atoms with Crippen LogP contribution in [-0.4, -0.2) is 0 Å². The molecule has 0 aliphatic rings. The van der Waals surface area contributed by atoms with E-state index < -0.39 is 0 Å². The monoisotopic (exact) mass is 704 g/mol. The van der Waals surface area contributed by atoms with Crippen molar-refractivity contribution in [1.82, 2.24) is 0 Å². The summed E-state index contributed by atoms with van der Waals surface area (Å²) in [5.41, 5.74) is 7.61. The highest BCUT2D eigenvalue weighted by molar-refractivity contribution is 6.46. The van der Waals surface area contributed by atoms with Gasteiger partial charge in [0.2, 0.25) is 0 Å². The summed E-state index contributed by atoms with van der Waals surface area (Å²) in [6.07, 6.45) is 0. The van der Waals surface area contributed by atoms with Gasteiger partial charge >= 0.3 is 0 Å². The second kappa shape index (κ2) is 11.1. The average molecular weight is 705 g/mol. The molecule has 13 aromatic carbocycles. The Bertz CT molecular complexity index is 3720. The number of hydrogen-bond donors (Lipinski definition) is 0. The highest BCUT2D eigenvalue weighted by Gasteiger charge is 2.27. The Morgan fingerprint density at radius 2 is 0.696 bits per heavy atom. The normalized spacial score (nSPS) is 12.3. The van der Waals surface area contributed by atoms with Crippen molar-refractivity contribution in [2.24, 2.45) is 0 Å². The van der Waals surface area contributed by atoms with Gasteiger partial charge in [-0.3, -0.25) is 0 Å². The van der Waals surface area contributed by atoms with Crippen LogP contribution in [0.5, 0.6) is 0 Å². The van der Waals surface area contributed by atoms with Gasteiger partial charge in [-0.05, 0) is 155 Å². The highest BCUT2D eigenvalue weighted by atomic mass is 14.3. The molecule has 0 fully saturated rings. The molecule has 0 aliphatic heterocycles. The highest BCUT2D eigenvalue weighted by Crippen LogP contribution is 2.56. The van der Waals surface area contributed by atoms with Gasteiger partial charge < -0.3 is 0 Å². The van der Waals surface area contributed by atoms with Gasteiger partial charge in [0.15, 0.2) is 0 Å². The van der Waals surface area contributed by atoms with Crippen LogP contribution in [0.25, 0.3) is 130 Å². The zero-order valence-electron chi connectivity index (χ0n) is 30.5. The van der Waals surface area contributed by atoms with Gasteiger partial charge in [0.05, 0.1) is 0 Å². The lowest BCUT2D eigenvalue weighted by Crippen LogP contribution is -1.91. The molecule has 0 aliphatic carbocycles. The molecule has 0 N–H and O–H groups in total. The molecule has 0 heteroatoms. The molecule has 0 aromatic heterocycles. The Balaban J connectivity index is 1.37. The van der Waals surface area contributed by atoms with Crippen molar-refractivity contribution >= 4 is 97.0 Å². The number of fused-ring (bicyclic) bond motifs is 11. The van der Waals surface area contributed by atoms with Gasteiger partial charge in [0, 0.05) is 0 Å². The molecular formula is C56H32. The molecule has 0 atom stereocenters. The summed E-state index contributed by atoms with van der Waals surface area (Å²) < 4.78 is 0. The first-order valence-corrected chi connectivity index (χ1v) is 19.6. The van der Waals surface area contributed by atoms with E-state index in [9.17, 15) is 0 Å². The molecule has 0 amide bonds. The Morgan fingerprint density at radius 3 is 1.48 bits per heavy atom. The molecule has 56 heavy (non-hydrogen) atoms. The van der Waals surface area contributed by atoms with Crippen LogP contribution in [0.15, 0.2) is 194 Å². The fourth-order valence-corrected chi connectivity index (χ4v) is 10.5. The first-order valence-electron chi connectivity index (χ1n) is 19.6. The number of hydrogen-bond acceptors (Lipinski definition) is 0. The molecule has 0 nitrogen and oxygen atoms in total. The summed E-state index contributed by atoms with van der Waals surface area (Å²) in [4.78, 5) is 0. The van der Waals surface area contributed by atoms with Crippen molar-refractivity contribution in [1.29, 1.82) is 0 Å². The van der Waals surface area contributed by atoms with Crippen LogP contribution < -0.4 is 0 Å². The Hall–Kier alpha value is -7.28. The number of rotatable bonds is 3. The molecule has 13 rings (SSSR count). The van der Waals surface area contributed by atoms with Gasteiger partial charge in [-0.15, -0.1) is 0 Å². The maximum absolute atomic E-state index is 2.54. The van der Waals surface area contributed by atoms with Gasteiger partial charge in [-0.2, -0.15) is 0 Å². The number of benzene rings is 11. The molecule has 0 bridgehead atoms. The third-order valence-electron chi connectivity index (χ3n) is 12.7. The minimum Gasteiger partial charge on any atom is -0.0622 e. The van der Waals surface area contributed by atoms with Crippen LogP contribution in [-0.2, 0) is 0 Å². The summed E-state index contributed by atoms with van der Waals surface area (Å²) in [6, 6.07) is 72.8. The van der Waals surface area contributed by atoms with E-state index in [2.05, 4.69) is 194 Å². The predicted octanol–water partition coefficient (Wildman–Crippen LogP) is 15.9. The smallest absolute Gasteiger partial charge is 0.000697 e. The average Bonchev–Trinajstić information content (AvgIpc) is 3.76. The SMILES string of the molecule is c1ccc(-c2c3cc4c5ccccc5c5cccc(c3c(-c3ccccc3)c3c6cc7ccccc7c7cc(-c8cccc9ccccc89)cc(c23)c76)c54)cc1. The first kappa shape index (κ1) is 30.1. The lowest BCUT2D eigenvalue weighted by molar-refractivity contribution is 1.68. The second-order valence-corrected chi connectivity index (χ2v) is 15.5. The molecule has 0 saturated carbocycles. The molecule has 0 radical (unpaired) electrons. The van der Waals surface area contributed by atoms with E-state index in [0.717, 1.165) is 0 Å². The summed E-state index contributed by atoms with van der Waals surface area (Å²) >= 11 is 0. The Morgan fingerprint density at radius 1 is 0.196 bits per heavy atom. The van der Waals surface area contributed by atoms with Crippen LogP contribution in [0.2, 0.25) is 0 Å². The molecule has 256 valence electrons. The molecule has 13 aromatic rings. The largest absolute Gasteiger partial charge is 0.0622 e. The molecule has 0 spiro atoms. The van der Waals surface area contributed by atoms with Crippen molar-refractivity contribution < 1.29 is 0 Å². The van der Waals surface area contributed by atoms with Crippen LogP contribution >= 0.6 is 0 Å². The van der Waals surface area contributed by atoms with Crippen molar-refractivity contribution in [2.45, 2.75) is 0 Å². The molecule has 0 saturated heterocycles. The van der Waals surface area contributed by atoms with Crippen molar-refractivity contribution in [2.75, 3.05) is 0 Å². The van der Waals surface area contributed by atoms with Crippen molar-refractivity contribution in [3.63, 3.8) is 0 Å². The third-order valence-corrected chi connectivity index (χ3v) is 12.7. The van der Waals surface area contributed by atoms with Gasteiger partial charge in [-0.1, -0.05) is 170 Å². The van der Waals surface area contributed by atoms with Gasteiger partial charge in [-0.25, -0.2) is 0 Å². The Kier molecular flexibility index (Phi) is 5.98. The maximum atomic E-state index is 2.54. The van der Waals surface area contributed by atoms with Crippen LogP contribution in [0, 0.1) is 0 Å².